The zero-order chi connectivity index (χ0) is 32.0. The smallest absolute Gasteiger partial charge is 0.306 e. The molecule has 4 nitrogen and oxygen atoms in total. The molecule has 0 saturated carbocycles. The molecule has 0 aromatic carbocycles. The molecule has 0 aliphatic carbocycles. The molecular formula is C40H80O4. The molecule has 1 unspecified atom stereocenters. The maximum absolute atomic E-state index is 12.0. The standard InChI is InChI=1S/C40H80O4/c1-3-5-7-9-11-12-13-14-15-16-17-18-19-20-21-22-23-24-25-26-27-28-30-32-34-36-43-38-39(37-41)44-40(42)35-33-31-29-10-8-6-4-2/h39,41H,3-38H2,1-2H3. The first kappa shape index (κ1) is 43.4. The second kappa shape index (κ2) is 38.6. The molecule has 1 atom stereocenters. The Kier molecular flexibility index (Phi) is 38.0. The van der Waals surface area contributed by atoms with Gasteiger partial charge in [0.1, 0.15) is 6.10 Å². The number of unbranched alkanes of at least 4 members (excludes halogenated alkanes) is 30. The van der Waals surface area contributed by atoms with Gasteiger partial charge in [-0.05, 0) is 12.8 Å². The first-order valence-electron chi connectivity index (χ1n) is 20.1. The van der Waals surface area contributed by atoms with E-state index in [1.54, 1.807) is 0 Å². The second-order valence-electron chi connectivity index (χ2n) is 13.7. The van der Waals surface area contributed by atoms with Gasteiger partial charge in [-0.3, -0.25) is 4.79 Å². The molecule has 0 amide bonds. The summed E-state index contributed by atoms with van der Waals surface area (Å²) in [5, 5.41) is 9.51. The minimum Gasteiger partial charge on any atom is -0.457 e. The van der Waals surface area contributed by atoms with Gasteiger partial charge in [0.15, 0.2) is 0 Å². The summed E-state index contributed by atoms with van der Waals surface area (Å²) < 4.78 is 11.1. The second-order valence-corrected chi connectivity index (χ2v) is 13.7. The van der Waals surface area contributed by atoms with Gasteiger partial charge >= 0.3 is 5.97 Å². The molecule has 4 heteroatoms. The number of ether oxygens (including phenoxy) is 2. The van der Waals surface area contributed by atoms with Crippen molar-refractivity contribution in [2.75, 3.05) is 19.8 Å². The Morgan fingerprint density at radius 3 is 1.07 bits per heavy atom. The van der Waals surface area contributed by atoms with Crippen LogP contribution in [0.4, 0.5) is 0 Å². The third-order valence-electron chi connectivity index (χ3n) is 9.18. The van der Waals surface area contributed by atoms with Gasteiger partial charge in [-0.2, -0.15) is 0 Å². The topological polar surface area (TPSA) is 55.8 Å². The van der Waals surface area contributed by atoms with E-state index in [9.17, 15) is 9.90 Å². The average molecular weight is 625 g/mol. The summed E-state index contributed by atoms with van der Waals surface area (Å²) in [6.07, 6.45) is 43.3. The number of hydrogen-bond donors (Lipinski definition) is 1. The highest BCUT2D eigenvalue weighted by Gasteiger charge is 2.13. The fraction of sp³-hybridized carbons (Fsp3) is 0.975. The zero-order valence-electron chi connectivity index (χ0n) is 30.2. The molecule has 0 aliphatic heterocycles. The lowest BCUT2D eigenvalue weighted by Crippen LogP contribution is -2.27. The number of esters is 1. The highest BCUT2D eigenvalue weighted by atomic mass is 16.6. The van der Waals surface area contributed by atoms with Crippen LogP contribution in [0.2, 0.25) is 0 Å². The van der Waals surface area contributed by atoms with E-state index < -0.39 is 6.10 Å². The molecule has 0 rings (SSSR count). The van der Waals surface area contributed by atoms with Crippen molar-refractivity contribution < 1.29 is 19.4 Å². The number of aliphatic hydroxyl groups excluding tert-OH is 1. The fourth-order valence-electron chi connectivity index (χ4n) is 6.15. The van der Waals surface area contributed by atoms with E-state index >= 15 is 0 Å². The van der Waals surface area contributed by atoms with Gasteiger partial charge in [-0.25, -0.2) is 0 Å². The Bertz CT molecular complexity index is 537. The average Bonchev–Trinajstić information content (AvgIpc) is 3.03. The first-order valence-corrected chi connectivity index (χ1v) is 20.1. The van der Waals surface area contributed by atoms with Gasteiger partial charge < -0.3 is 14.6 Å². The van der Waals surface area contributed by atoms with Crippen LogP contribution in [-0.2, 0) is 14.3 Å². The van der Waals surface area contributed by atoms with Crippen molar-refractivity contribution >= 4 is 5.97 Å². The van der Waals surface area contributed by atoms with Crippen LogP contribution in [0.15, 0.2) is 0 Å². The summed E-state index contributed by atoms with van der Waals surface area (Å²) in [5.41, 5.74) is 0. The first-order chi connectivity index (χ1) is 21.7. The largest absolute Gasteiger partial charge is 0.457 e. The van der Waals surface area contributed by atoms with Gasteiger partial charge in [-0.1, -0.05) is 206 Å². The number of rotatable bonds is 38. The number of aliphatic hydroxyl groups is 1. The maximum atomic E-state index is 12.0. The third-order valence-corrected chi connectivity index (χ3v) is 9.18. The molecule has 0 spiro atoms. The minimum atomic E-state index is -0.522. The predicted molar refractivity (Wildman–Crippen MR) is 191 cm³/mol. The van der Waals surface area contributed by atoms with Crippen LogP contribution in [0.3, 0.4) is 0 Å². The number of carbonyl (C=O) groups excluding carboxylic acids is 1. The zero-order valence-corrected chi connectivity index (χ0v) is 30.2. The molecule has 0 fully saturated rings. The van der Waals surface area contributed by atoms with E-state index in [0.717, 1.165) is 19.3 Å². The van der Waals surface area contributed by atoms with Crippen LogP contribution >= 0.6 is 0 Å². The van der Waals surface area contributed by atoms with Crippen molar-refractivity contribution in [1.29, 1.82) is 0 Å². The summed E-state index contributed by atoms with van der Waals surface area (Å²) in [4.78, 5) is 12.0. The Morgan fingerprint density at radius 2 is 0.750 bits per heavy atom. The normalized spacial score (nSPS) is 12.2. The van der Waals surface area contributed by atoms with Gasteiger partial charge in [0.2, 0.25) is 0 Å². The van der Waals surface area contributed by atoms with E-state index in [2.05, 4.69) is 13.8 Å². The van der Waals surface area contributed by atoms with Crippen LogP contribution in [0, 0.1) is 0 Å². The molecule has 0 radical (unpaired) electrons. The summed E-state index contributed by atoms with van der Waals surface area (Å²) in [5.74, 6) is -0.203. The molecular weight excluding hydrogens is 544 g/mol. The van der Waals surface area contributed by atoms with Crippen LogP contribution in [0.1, 0.15) is 226 Å². The monoisotopic (exact) mass is 625 g/mol. The highest BCUT2D eigenvalue weighted by molar-refractivity contribution is 5.69. The van der Waals surface area contributed by atoms with E-state index in [0.29, 0.717) is 19.6 Å². The van der Waals surface area contributed by atoms with Gasteiger partial charge in [0, 0.05) is 13.0 Å². The summed E-state index contributed by atoms with van der Waals surface area (Å²) in [7, 11) is 0. The highest BCUT2D eigenvalue weighted by Crippen LogP contribution is 2.16. The van der Waals surface area contributed by atoms with E-state index in [1.165, 1.54) is 186 Å². The van der Waals surface area contributed by atoms with Crippen molar-refractivity contribution in [3.05, 3.63) is 0 Å². The van der Waals surface area contributed by atoms with Crippen molar-refractivity contribution in [3.8, 4) is 0 Å². The van der Waals surface area contributed by atoms with Crippen LogP contribution in [0.5, 0.6) is 0 Å². The van der Waals surface area contributed by atoms with Gasteiger partial charge in [0.25, 0.3) is 0 Å². The Balaban J connectivity index is 3.26. The lowest BCUT2D eigenvalue weighted by Gasteiger charge is -2.15. The fourth-order valence-corrected chi connectivity index (χ4v) is 6.15. The lowest BCUT2D eigenvalue weighted by molar-refractivity contribution is -0.154. The van der Waals surface area contributed by atoms with E-state index in [-0.39, 0.29) is 12.6 Å². The Labute approximate surface area is 276 Å². The number of hydrogen-bond acceptors (Lipinski definition) is 4. The van der Waals surface area contributed by atoms with Crippen LogP contribution in [-0.4, -0.2) is 37.0 Å². The molecule has 44 heavy (non-hydrogen) atoms. The SMILES string of the molecule is CCCCCCCCCCCCCCCCCCCCCCCCCCCOCC(CO)OC(=O)CCCCCCCCC. The molecule has 0 aliphatic rings. The van der Waals surface area contributed by atoms with E-state index in [1.807, 2.05) is 0 Å². The van der Waals surface area contributed by atoms with Crippen LogP contribution in [0.25, 0.3) is 0 Å². The van der Waals surface area contributed by atoms with Gasteiger partial charge in [-0.15, -0.1) is 0 Å². The van der Waals surface area contributed by atoms with Crippen molar-refractivity contribution in [2.45, 2.75) is 232 Å². The maximum Gasteiger partial charge on any atom is 0.306 e. The Hall–Kier alpha value is -0.610. The summed E-state index contributed by atoms with van der Waals surface area (Å²) in [6, 6.07) is 0. The molecule has 0 saturated heterocycles. The summed E-state index contributed by atoms with van der Waals surface area (Å²) in [6.45, 7) is 5.35. The molecule has 1 N–H and O–H groups in total. The van der Waals surface area contributed by atoms with Crippen molar-refractivity contribution in [1.82, 2.24) is 0 Å². The third kappa shape index (κ3) is 35.9. The quantitative estimate of drug-likeness (QED) is 0.0548. The molecule has 0 aromatic heterocycles. The van der Waals surface area contributed by atoms with E-state index in [4.69, 9.17) is 9.47 Å². The summed E-state index contributed by atoms with van der Waals surface area (Å²) >= 11 is 0. The predicted octanol–water partition coefficient (Wildman–Crippen LogP) is 12.8. The Morgan fingerprint density at radius 1 is 0.455 bits per heavy atom. The molecule has 0 heterocycles. The molecule has 0 aromatic rings. The van der Waals surface area contributed by atoms with Gasteiger partial charge in [0.05, 0.1) is 13.2 Å². The van der Waals surface area contributed by atoms with Crippen molar-refractivity contribution in [3.63, 3.8) is 0 Å². The minimum absolute atomic E-state index is 0.164. The molecule has 264 valence electrons. The molecule has 0 bridgehead atoms. The lowest BCUT2D eigenvalue weighted by atomic mass is 10.0. The number of carbonyl (C=O) groups is 1. The van der Waals surface area contributed by atoms with Crippen molar-refractivity contribution in [2.24, 2.45) is 0 Å². The van der Waals surface area contributed by atoms with Crippen LogP contribution < -0.4 is 0 Å².